The van der Waals surface area contributed by atoms with E-state index in [1.165, 1.54) is 0 Å². The van der Waals surface area contributed by atoms with Crippen molar-refractivity contribution in [2.45, 2.75) is 19.9 Å². The lowest BCUT2D eigenvalue weighted by Crippen LogP contribution is -2.19. The van der Waals surface area contributed by atoms with Crippen LogP contribution in [-0.2, 0) is 16.1 Å². The number of rotatable bonds is 7. The van der Waals surface area contributed by atoms with E-state index >= 15 is 0 Å². The Kier molecular flexibility index (Phi) is 5.71. The van der Waals surface area contributed by atoms with Crippen LogP contribution in [0.4, 0.5) is 0 Å². The number of halogens is 1. The first-order valence-electron chi connectivity index (χ1n) is 6.64. The minimum absolute atomic E-state index is 0.225. The Morgan fingerprint density at radius 1 is 1.38 bits per heavy atom. The van der Waals surface area contributed by atoms with E-state index in [-0.39, 0.29) is 5.97 Å². The largest absolute Gasteiger partial charge is 0.466 e. The molecule has 1 aromatic carbocycles. The fourth-order valence-electron chi connectivity index (χ4n) is 1.66. The molecule has 0 saturated heterocycles. The van der Waals surface area contributed by atoms with E-state index in [2.05, 4.69) is 15.5 Å². The van der Waals surface area contributed by atoms with Crippen molar-refractivity contribution in [3.63, 3.8) is 0 Å². The zero-order valence-corrected chi connectivity index (χ0v) is 12.4. The van der Waals surface area contributed by atoms with Gasteiger partial charge in [-0.25, -0.2) is 0 Å². The van der Waals surface area contributed by atoms with E-state index in [0.29, 0.717) is 42.9 Å². The van der Waals surface area contributed by atoms with Crippen LogP contribution in [0, 0.1) is 0 Å². The molecule has 1 N–H and O–H groups in total. The first-order chi connectivity index (χ1) is 10.2. The lowest BCUT2D eigenvalue weighted by Gasteiger charge is -2.01. The summed E-state index contributed by atoms with van der Waals surface area (Å²) < 4.78 is 9.96. The zero-order valence-electron chi connectivity index (χ0n) is 11.6. The SMILES string of the molecule is CCOC(=O)CCNCc1nc(-c2ccc(Cl)cc2)no1. The van der Waals surface area contributed by atoms with Crippen LogP contribution in [-0.4, -0.2) is 29.3 Å². The highest BCUT2D eigenvalue weighted by Crippen LogP contribution is 2.18. The highest BCUT2D eigenvalue weighted by atomic mass is 35.5. The lowest BCUT2D eigenvalue weighted by molar-refractivity contribution is -0.142. The number of esters is 1. The van der Waals surface area contributed by atoms with Crippen molar-refractivity contribution in [3.05, 3.63) is 35.2 Å². The first-order valence-corrected chi connectivity index (χ1v) is 7.01. The fraction of sp³-hybridized carbons (Fsp3) is 0.357. The number of carbonyl (C=O) groups excluding carboxylic acids is 1. The van der Waals surface area contributed by atoms with Gasteiger partial charge in [-0.15, -0.1) is 0 Å². The average Bonchev–Trinajstić information content (AvgIpc) is 2.93. The third kappa shape index (κ3) is 4.84. The summed E-state index contributed by atoms with van der Waals surface area (Å²) in [4.78, 5) is 15.4. The van der Waals surface area contributed by atoms with Crippen molar-refractivity contribution in [1.29, 1.82) is 0 Å². The minimum atomic E-state index is -0.225. The molecule has 0 unspecified atom stereocenters. The van der Waals surface area contributed by atoms with E-state index in [1.54, 1.807) is 19.1 Å². The summed E-state index contributed by atoms with van der Waals surface area (Å²) >= 11 is 5.82. The Hall–Kier alpha value is -1.92. The second-order valence-corrected chi connectivity index (χ2v) is 4.69. The molecule has 1 heterocycles. The second kappa shape index (κ2) is 7.75. The van der Waals surface area contributed by atoms with Gasteiger partial charge in [0, 0.05) is 17.1 Å². The standard InChI is InChI=1S/C14H16ClN3O3/c1-2-20-13(19)7-8-16-9-12-17-14(18-21-12)10-3-5-11(15)6-4-10/h3-6,16H,2,7-9H2,1H3. The molecule has 0 aliphatic rings. The van der Waals surface area contributed by atoms with E-state index in [0.717, 1.165) is 5.56 Å². The van der Waals surface area contributed by atoms with Gasteiger partial charge in [0.2, 0.25) is 11.7 Å². The summed E-state index contributed by atoms with van der Waals surface area (Å²) in [6.45, 7) is 3.08. The molecule has 2 rings (SSSR count). The number of benzene rings is 1. The van der Waals surface area contributed by atoms with Crippen molar-refractivity contribution in [1.82, 2.24) is 15.5 Å². The molecule has 0 saturated carbocycles. The molecule has 6 nitrogen and oxygen atoms in total. The number of hydrogen-bond acceptors (Lipinski definition) is 6. The number of aromatic nitrogens is 2. The van der Waals surface area contributed by atoms with Gasteiger partial charge in [0.25, 0.3) is 0 Å². The monoisotopic (exact) mass is 309 g/mol. The van der Waals surface area contributed by atoms with Gasteiger partial charge in [0.15, 0.2) is 0 Å². The summed E-state index contributed by atoms with van der Waals surface area (Å²) in [7, 11) is 0. The van der Waals surface area contributed by atoms with Crippen molar-refractivity contribution < 1.29 is 14.1 Å². The third-order valence-electron chi connectivity index (χ3n) is 2.66. The average molecular weight is 310 g/mol. The van der Waals surface area contributed by atoms with Crippen molar-refractivity contribution >= 4 is 17.6 Å². The number of nitrogens with one attached hydrogen (secondary N) is 1. The minimum Gasteiger partial charge on any atom is -0.466 e. The Morgan fingerprint density at radius 3 is 2.86 bits per heavy atom. The Balaban J connectivity index is 1.81. The van der Waals surface area contributed by atoms with Crippen LogP contribution in [0.5, 0.6) is 0 Å². The van der Waals surface area contributed by atoms with Crippen LogP contribution in [0.1, 0.15) is 19.2 Å². The normalized spacial score (nSPS) is 10.6. The van der Waals surface area contributed by atoms with E-state index in [4.69, 9.17) is 20.9 Å². The lowest BCUT2D eigenvalue weighted by atomic mass is 10.2. The van der Waals surface area contributed by atoms with Gasteiger partial charge < -0.3 is 14.6 Å². The number of carbonyl (C=O) groups is 1. The van der Waals surface area contributed by atoms with Crippen LogP contribution >= 0.6 is 11.6 Å². The van der Waals surface area contributed by atoms with E-state index in [9.17, 15) is 4.79 Å². The molecule has 1 aromatic heterocycles. The quantitative estimate of drug-likeness (QED) is 0.625. The molecule has 0 aliphatic heterocycles. The van der Waals surface area contributed by atoms with Gasteiger partial charge in [-0.1, -0.05) is 16.8 Å². The van der Waals surface area contributed by atoms with Crippen LogP contribution in [0.15, 0.2) is 28.8 Å². The molecule has 0 amide bonds. The molecule has 0 aliphatic carbocycles. The molecule has 7 heteroatoms. The summed E-state index contributed by atoms with van der Waals surface area (Å²) in [5.41, 5.74) is 0.834. The van der Waals surface area contributed by atoms with Crippen LogP contribution < -0.4 is 5.32 Å². The molecule has 112 valence electrons. The van der Waals surface area contributed by atoms with Crippen molar-refractivity contribution in [2.24, 2.45) is 0 Å². The highest BCUT2D eigenvalue weighted by molar-refractivity contribution is 6.30. The van der Waals surface area contributed by atoms with E-state index in [1.807, 2.05) is 12.1 Å². The molecule has 0 bridgehead atoms. The summed E-state index contributed by atoms with van der Waals surface area (Å²) in [5.74, 6) is 0.745. The number of hydrogen-bond donors (Lipinski definition) is 1. The summed E-state index contributed by atoms with van der Waals surface area (Å²) in [6.07, 6.45) is 0.312. The van der Waals surface area contributed by atoms with E-state index < -0.39 is 0 Å². The summed E-state index contributed by atoms with van der Waals surface area (Å²) in [6, 6.07) is 7.19. The molecule has 21 heavy (non-hydrogen) atoms. The van der Waals surface area contributed by atoms with Gasteiger partial charge >= 0.3 is 5.97 Å². The van der Waals surface area contributed by atoms with Crippen molar-refractivity contribution in [2.75, 3.05) is 13.2 Å². The van der Waals surface area contributed by atoms with Gasteiger partial charge in [-0.05, 0) is 31.2 Å². The Labute approximate surface area is 127 Å². The van der Waals surface area contributed by atoms with Gasteiger partial charge in [0.1, 0.15) is 0 Å². The topological polar surface area (TPSA) is 77.2 Å². The first kappa shape index (κ1) is 15.5. The molecule has 2 aromatic rings. The molecular formula is C14H16ClN3O3. The van der Waals surface area contributed by atoms with Crippen molar-refractivity contribution in [3.8, 4) is 11.4 Å². The molecule has 0 atom stereocenters. The zero-order chi connectivity index (χ0) is 15.1. The maximum atomic E-state index is 11.1. The number of nitrogens with zero attached hydrogens (tertiary/aromatic N) is 2. The molecule has 0 spiro atoms. The highest BCUT2D eigenvalue weighted by Gasteiger charge is 2.08. The second-order valence-electron chi connectivity index (χ2n) is 4.25. The number of ether oxygens (including phenoxy) is 1. The fourth-order valence-corrected chi connectivity index (χ4v) is 1.79. The molecule has 0 fully saturated rings. The Morgan fingerprint density at radius 2 is 2.14 bits per heavy atom. The van der Waals surface area contributed by atoms with Crippen LogP contribution in [0.2, 0.25) is 5.02 Å². The predicted molar refractivity (Wildman–Crippen MR) is 77.7 cm³/mol. The van der Waals surface area contributed by atoms with Gasteiger partial charge in [0.05, 0.1) is 19.6 Å². The third-order valence-corrected chi connectivity index (χ3v) is 2.91. The summed E-state index contributed by atoms with van der Waals surface area (Å²) in [5, 5.41) is 7.60. The van der Waals surface area contributed by atoms with Crippen LogP contribution in [0.3, 0.4) is 0 Å². The Bertz CT molecular complexity index is 583. The molecular weight excluding hydrogens is 294 g/mol. The van der Waals surface area contributed by atoms with Gasteiger partial charge in [-0.3, -0.25) is 4.79 Å². The molecule has 0 radical (unpaired) electrons. The maximum Gasteiger partial charge on any atom is 0.307 e. The van der Waals surface area contributed by atoms with Crippen LogP contribution in [0.25, 0.3) is 11.4 Å². The van der Waals surface area contributed by atoms with Gasteiger partial charge in [-0.2, -0.15) is 4.98 Å². The predicted octanol–water partition coefficient (Wildman–Crippen LogP) is 2.43. The smallest absolute Gasteiger partial charge is 0.307 e. The maximum absolute atomic E-state index is 11.1.